The molecule has 1 saturated carbocycles. The van der Waals surface area contributed by atoms with Crippen molar-refractivity contribution in [2.45, 2.75) is 44.4 Å². The van der Waals surface area contributed by atoms with Gasteiger partial charge >= 0.3 is 5.97 Å². The smallest absolute Gasteiger partial charge is 0.316 e. The van der Waals surface area contributed by atoms with E-state index in [9.17, 15) is 9.59 Å². The molecule has 0 aliphatic heterocycles. The van der Waals surface area contributed by atoms with Crippen molar-refractivity contribution in [2.75, 3.05) is 12.4 Å². The van der Waals surface area contributed by atoms with E-state index in [0.717, 1.165) is 25.0 Å². The van der Waals surface area contributed by atoms with Crippen LogP contribution in [0.1, 0.15) is 37.5 Å². The predicted octanol–water partition coefficient (Wildman–Crippen LogP) is 3.22. The molecule has 1 amide bonds. The Morgan fingerprint density at radius 3 is 2.95 bits per heavy atom. The highest BCUT2D eigenvalue weighted by molar-refractivity contribution is 7.99. The average Bonchev–Trinajstić information content (AvgIpc) is 3.01. The first kappa shape index (κ1) is 17.3. The number of amides is 1. The Labute approximate surface area is 140 Å². The quantitative estimate of drug-likeness (QED) is 0.774. The van der Waals surface area contributed by atoms with E-state index in [1.165, 1.54) is 23.1 Å². The summed E-state index contributed by atoms with van der Waals surface area (Å²) in [5, 5.41) is 5.00. The largest absolute Gasteiger partial charge is 0.455 e. The minimum Gasteiger partial charge on any atom is -0.455 e. The van der Waals surface area contributed by atoms with Crippen LogP contribution >= 0.6 is 23.1 Å². The predicted molar refractivity (Wildman–Crippen MR) is 91.0 cm³/mol. The van der Waals surface area contributed by atoms with Crippen molar-refractivity contribution in [3.05, 3.63) is 22.4 Å². The second-order valence-electron chi connectivity index (χ2n) is 5.67. The molecule has 2 atom stereocenters. The first-order valence-corrected chi connectivity index (χ1v) is 9.73. The van der Waals surface area contributed by atoms with E-state index in [-0.39, 0.29) is 30.3 Å². The molecule has 22 heavy (non-hydrogen) atoms. The number of esters is 1. The molecule has 1 aliphatic carbocycles. The zero-order valence-corrected chi connectivity index (χ0v) is 14.5. The highest BCUT2D eigenvalue weighted by Crippen LogP contribution is 2.23. The Hall–Kier alpha value is -1.01. The summed E-state index contributed by atoms with van der Waals surface area (Å²) in [4.78, 5) is 24.7. The standard InChI is InChI=1S/C16H23NO3S2/c1-12-5-2-3-7-14(12)17-15(18)9-20-16(19)11-21-10-13-6-4-8-22-13/h4,6,8,12,14H,2-3,5,7,9-11H2,1H3,(H,17,18)/t12-,14+/m0/s1. The van der Waals surface area contributed by atoms with E-state index in [2.05, 4.69) is 12.2 Å². The zero-order valence-electron chi connectivity index (χ0n) is 12.9. The van der Waals surface area contributed by atoms with Crippen LogP contribution in [0.2, 0.25) is 0 Å². The van der Waals surface area contributed by atoms with Gasteiger partial charge in [-0.1, -0.05) is 25.8 Å². The normalized spacial score (nSPS) is 21.3. The summed E-state index contributed by atoms with van der Waals surface area (Å²) in [6.07, 6.45) is 4.58. The van der Waals surface area contributed by atoms with Crippen LogP contribution in [0.5, 0.6) is 0 Å². The zero-order chi connectivity index (χ0) is 15.8. The van der Waals surface area contributed by atoms with Gasteiger partial charge in [0, 0.05) is 16.7 Å². The molecular formula is C16H23NO3S2. The van der Waals surface area contributed by atoms with E-state index in [1.807, 2.05) is 17.5 Å². The van der Waals surface area contributed by atoms with Gasteiger partial charge in [0.25, 0.3) is 5.91 Å². The fraction of sp³-hybridized carbons (Fsp3) is 0.625. The second-order valence-corrected chi connectivity index (χ2v) is 7.69. The number of carbonyl (C=O) groups is 2. The third-order valence-corrected chi connectivity index (χ3v) is 5.88. The lowest BCUT2D eigenvalue weighted by Crippen LogP contribution is -2.43. The third kappa shape index (κ3) is 6.01. The molecule has 0 spiro atoms. The van der Waals surface area contributed by atoms with Gasteiger partial charge in [-0.3, -0.25) is 9.59 Å². The van der Waals surface area contributed by atoms with Gasteiger partial charge in [-0.15, -0.1) is 23.1 Å². The summed E-state index contributed by atoms with van der Waals surface area (Å²) in [6, 6.07) is 4.27. The maximum atomic E-state index is 11.8. The number of thiophene rings is 1. The lowest BCUT2D eigenvalue weighted by Gasteiger charge is -2.29. The van der Waals surface area contributed by atoms with Crippen molar-refractivity contribution in [2.24, 2.45) is 5.92 Å². The minimum atomic E-state index is -0.326. The van der Waals surface area contributed by atoms with Gasteiger partial charge in [-0.05, 0) is 30.2 Å². The number of hydrogen-bond donors (Lipinski definition) is 1. The highest BCUT2D eigenvalue weighted by Gasteiger charge is 2.23. The Morgan fingerprint density at radius 1 is 1.41 bits per heavy atom. The number of carbonyl (C=O) groups excluding carboxylic acids is 2. The number of thioether (sulfide) groups is 1. The molecule has 1 aliphatic rings. The van der Waals surface area contributed by atoms with Gasteiger partial charge in [0.05, 0.1) is 5.75 Å². The molecule has 122 valence electrons. The average molecular weight is 341 g/mol. The Balaban J connectivity index is 1.58. The monoisotopic (exact) mass is 341 g/mol. The Kier molecular flexibility index (Phi) is 7.25. The van der Waals surface area contributed by atoms with Crippen LogP contribution in [0.15, 0.2) is 17.5 Å². The van der Waals surface area contributed by atoms with Gasteiger partial charge in [0.2, 0.25) is 0 Å². The third-order valence-electron chi connectivity index (χ3n) is 3.87. The van der Waals surface area contributed by atoms with Crippen molar-refractivity contribution in [3.8, 4) is 0 Å². The minimum absolute atomic E-state index is 0.165. The van der Waals surface area contributed by atoms with Crippen LogP contribution in [-0.2, 0) is 20.1 Å². The SMILES string of the molecule is C[C@H]1CCCC[C@H]1NC(=O)COC(=O)CSCc1cccs1. The molecule has 0 aromatic carbocycles. The maximum absolute atomic E-state index is 11.8. The molecule has 1 heterocycles. The van der Waals surface area contributed by atoms with E-state index >= 15 is 0 Å². The summed E-state index contributed by atoms with van der Waals surface area (Å²) < 4.78 is 5.03. The van der Waals surface area contributed by atoms with Crippen molar-refractivity contribution in [1.82, 2.24) is 5.32 Å². The fourth-order valence-corrected chi connectivity index (χ4v) is 4.26. The van der Waals surface area contributed by atoms with Crippen molar-refractivity contribution < 1.29 is 14.3 Å². The van der Waals surface area contributed by atoms with Crippen LogP contribution in [0.4, 0.5) is 0 Å². The topological polar surface area (TPSA) is 55.4 Å². The van der Waals surface area contributed by atoms with Crippen LogP contribution in [0.3, 0.4) is 0 Å². The Morgan fingerprint density at radius 2 is 2.23 bits per heavy atom. The molecule has 1 aromatic rings. The molecule has 1 aromatic heterocycles. The molecule has 1 N–H and O–H groups in total. The van der Waals surface area contributed by atoms with Crippen molar-refractivity contribution >= 4 is 35.0 Å². The molecule has 2 rings (SSSR count). The van der Waals surface area contributed by atoms with Crippen molar-refractivity contribution in [3.63, 3.8) is 0 Å². The van der Waals surface area contributed by atoms with Crippen LogP contribution < -0.4 is 5.32 Å². The molecule has 1 fully saturated rings. The van der Waals surface area contributed by atoms with Crippen molar-refractivity contribution in [1.29, 1.82) is 0 Å². The summed E-state index contributed by atoms with van der Waals surface area (Å²) in [6.45, 7) is 2.00. The summed E-state index contributed by atoms with van der Waals surface area (Å²) in [7, 11) is 0. The molecule has 0 unspecified atom stereocenters. The van der Waals surface area contributed by atoms with Crippen LogP contribution in [-0.4, -0.2) is 30.3 Å². The highest BCUT2D eigenvalue weighted by atomic mass is 32.2. The molecule has 0 radical (unpaired) electrons. The van der Waals surface area contributed by atoms with Crippen LogP contribution in [0, 0.1) is 5.92 Å². The Bertz CT molecular complexity index is 476. The fourth-order valence-electron chi connectivity index (χ4n) is 2.60. The first-order chi connectivity index (χ1) is 10.6. The molecular weight excluding hydrogens is 318 g/mol. The van der Waals surface area contributed by atoms with E-state index in [0.29, 0.717) is 5.92 Å². The summed E-state index contributed by atoms with van der Waals surface area (Å²) in [5.41, 5.74) is 0. The van der Waals surface area contributed by atoms with Gasteiger partial charge in [-0.25, -0.2) is 0 Å². The summed E-state index contributed by atoms with van der Waals surface area (Å²) >= 11 is 3.19. The first-order valence-electron chi connectivity index (χ1n) is 7.70. The molecule has 0 bridgehead atoms. The van der Waals surface area contributed by atoms with E-state index < -0.39 is 0 Å². The number of nitrogens with one attached hydrogen (secondary N) is 1. The van der Waals surface area contributed by atoms with E-state index in [1.54, 1.807) is 11.3 Å². The maximum Gasteiger partial charge on any atom is 0.316 e. The lowest BCUT2D eigenvalue weighted by atomic mass is 9.86. The number of ether oxygens (including phenoxy) is 1. The molecule has 4 nitrogen and oxygen atoms in total. The number of rotatable bonds is 7. The van der Waals surface area contributed by atoms with Crippen LogP contribution in [0.25, 0.3) is 0 Å². The van der Waals surface area contributed by atoms with Gasteiger partial charge < -0.3 is 10.1 Å². The van der Waals surface area contributed by atoms with E-state index in [4.69, 9.17) is 4.74 Å². The second kappa shape index (κ2) is 9.20. The molecule has 0 saturated heterocycles. The number of hydrogen-bond acceptors (Lipinski definition) is 5. The van der Waals surface area contributed by atoms with Gasteiger partial charge in [0.15, 0.2) is 6.61 Å². The lowest BCUT2D eigenvalue weighted by molar-refractivity contribution is -0.146. The van der Waals surface area contributed by atoms with Gasteiger partial charge in [0.1, 0.15) is 0 Å². The van der Waals surface area contributed by atoms with Gasteiger partial charge in [-0.2, -0.15) is 0 Å². The molecule has 6 heteroatoms. The summed E-state index contributed by atoms with van der Waals surface area (Å²) in [5.74, 6) is 1.09.